The molecule has 1 heterocycles. The van der Waals surface area contributed by atoms with Crippen molar-refractivity contribution in [2.75, 3.05) is 19.6 Å². The maximum Gasteiger partial charge on any atom is 0.0692 e. The van der Waals surface area contributed by atoms with E-state index in [1.54, 1.807) is 0 Å². The highest BCUT2D eigenvalue weighted by Gasteiger charge is 2.25. The summed E-state index contributed by atoms with van der Waals surface area (Å²) < 4.78 is 0. The second-order valence-electron chi connectivity index (χ2n) is 5.63. The molecule has 3 nitrogen and oxygen atoms in total. The van der Waals surface area contributed by atoms with Crippen LogP contribution in [0.25, 0.3) is 0 Å². The molecule has 0 aromatic heterocycles. The number of hydrogen-bond donors (Lipinski definition) is 2. The molecule has 102 valence electrons. The second kappa shape index (κ2) is 7.34. The van der Waals surface area contributed by atoms with Crippen LogP contribution in [0.5, 0.6) is 0 Å². The van der Waals surface area contributed by atoms with Gasteiger partial charge in [-0.05, 0) is 32.7 Å². The first-order valence-electron chi connectivity index (χ1n) is 7.23. The van der Waals surface area contributed by atoms with Gasteiger partial charge in [0.2, 0.25) is 0 Å². The van der Waals surface area contributed by atoms with Crippen LogP contribution in [0.3, 0.4) is 0 Å². The van der Waals surface area contributed by atoms with Crippen molar-refractivity contribution in [1.29, 1.82) is 0 Å². The summed E-state index contributed by atoms with van der Waals surface area (Å²) in [6.07, 6.45) is 3.18. The highest BCUT2D eigenvalue weighted by atomic mass is 16.3. The van der Waals surface area contributed by atoms with Gasteiger partial charge in [0.25, 0.3) is 0 Å². The summed E-state index contributed by atoms with van der Waals surface area (Å²) in [5.41, 5.74) is 0. The molecule has 1 aliphatic heterocycles. The van der Waals surface area contributed by atoms with Crippen molar-refractivity contribution >= 4 is 0 Å². The van der Waals surface area contributed by atoms with Gasteiger partial charge in [-0.25, -0.2) is 0 Å². The molecular formula is C14H30N2O. The van der Waals surface area contributed by atoms with Crippen LogP contribution in [-0.2, 0) is 0 Å². The largest absolute Gasteiger partial charge is 0.392 e. The molecule has 0 aliphatic carbocycles. The average molecular weight is 242 g/mol. The van der Waals surface area contributed by atoms with Crippen molar-refractivity contribution in [1.82, 2.24) is 10.2 Å². The molecule has 0 radical (unpaired) electrons. The first-order chi connectivity index (χ1) is 8.08. The van der Waals surface area contributed by atoms with Crippen molar-refractivity contribution in [3.05, 3.63) is 0 Å². The second-order valence-corrected chi connectivity index (χ2v) is 5.63. The average Bonchev–Trinajstić information content (AvgIpc) is 2.76. The summed E-state index contributed by atoms with van der Waals surface area (Å²) in [4.78, 5) is 2.50. The standard InChI is InChI=1S/C14H30N2O/c1-5-12(6-2)14(17)9-15-13-7-8-16(10-13)11(3)4/h11-15,17H,5-10H2,1-4H3. The van der Waals surface area contributed by atoms with Gasteiger partial charge in [-0.2, -0.15) is 0 Å². The molecule has 0 aromatic rings. The lowest BCUT2D eigenvalue weighted by atomic mass is 9.96. The Labute approximate surface area is 107 Å². The normalized spacial score (nSPS) is 23.8. The van der Waals surface area contributed by atoms with E-state index in [9.17, 15) is 5.11 Å². The molecule has 0 bridgehead atoms. The van der Waals surface area contributed by atoms with Gasteiger partial charge in [0.15, 0.2) is 0 Å². The van der Waals surface area contributed by atoms with Gasteiger partial charge < -0.3 is 10.4 Å². The van der Waals surface area contributed by atoms with Crippen LogP contribution >= 0.6 is 0 Å². The van der Waals surface area contributed by atoms with E-state index in [1.165, 1.54) is 13.0 Å². The molecular weight excluding hydrogens is 212 g/mol. The third-order valence-electron chi connectivity index (χ3n) is 4.16. The van der Waals surface area contributed by atoms with Crippen molar-refractivity contribution in [3.63, 3.8) is 0 Å². The summed E-state index contributed by atoms with van der Waals surface area (Å²) in [6.45, 7) is 11.9. The molecule has 0 amide bonds. The van der Waals surface area contributed by atoms with E-state index in [0.29, 0.717) is 18.0 Å². The van der Waals surface area contributed by atoms with E-state index in [4.69, 9.17) is 0 Å². The summed E-state index contributed by atoms with van der Waals surface area (Å²) >= 11 is 0. The predicted molar refractivity (Wildman–Crippen MR) is 73.2 cm³/mol. The Kier molecular flexibility index (Phi) is 6.45. The number of nitrogens with zero attached hydrogens (tertiary/aromatic N) is 1. The zero-order chi connectivity index (χ0) is 12.8. The maximum atomic E-state index is 10.1. The highest BCUT2D eigenvalue weighted by Crippen LogP contribution is 2.15. The van der Waals surface area contributed by atoms with E-state index >= 15 is 0 Å². The smallest absolute Gasteiger partial charge is 0.0692 e. The van der Waals surface area contributed by atoms with E-state index in [2.05, 4.69) is 37.9 Å². The Morgan fingerprint density at radius 2 is 1.94 bits per heavy atom. The molecule has 0 spiro atoms. The number of likely N-dealkylation sites (tertiary alicyclic amines) is 1. The van der Waals surface area contributed by atoms with Crippen LogP contribution in [0.1, 0.15) is 47.0 Å². The Morgan fingerprint density at radius 1 is 1.29 bits per heavy atom. The molecule has 1 saturated heterocycles. The fourth-order valence-corrected chi connectivity index (χ4v) is 2.71. The van der Waals surface area contributed by atoms with E-state index in [1.807, 2.05) is 0 Å². The molecule has 17 heavy (non-hydrogen) atoms. The van der Waals surface area contributed by atoms with Crippen molar-refractivity contribution in [3.8, 4) is 0 Å². The summed E-state index contributed by atoms with van der Waals surface area (Å²) in [5.74, 6) is 0.449. The minimum Gasteiger partial charge on any atom is -0.392 e. The Morgan fingerprint density at radius 3 is 2.41 bits per heavy atom. The Bertz CT molecular complexity index is 204. The van der Waals surface area contributed by atoms with Crippen LogP contribution in [0, 0.1) is 5.92 Å². The van der Waals surface area contributed by atoms with E-state index < -0.39 is 0 Å². The molecule has 2 unspecified atom stereocenters. The quantitative estimate of drug-likeness (QED) is 0.715. The number of aliphatic hydroxyl groups excluding tert-OH is 1. The molecule has 1 fully saturated rings. The van der Waals surface area contributed by atoms with Crippen molar-refractivity contribution in [2.24, 2.45) is 5.92 Å². The molecule has 0 saturated carbocycles. The van der Waals surface area contributed by atoms with Gasteiger partial charge in [-0.3, -0.25) is 4.90 Å². The number of rotatable bonds is 7. The topological polar surface area (TPSA) is 35.5 Å². The van der Waals surface area contributed by atoms with Crippen LogP contribution in [0.4, 0.5) is 0 Å². The lowest BCUT2D eigenvalue weighted by Gasteiger charge is -2.23. The fraction of sp³-hybridized carbons (Fsp3) is 1.00. The molecule has 2 N–H and O–H groups in total. The van der Waals surface area contributed by atoms with E-state index in [-0.39, 0.29) is 6.10 Å². The van der Waals surface area contributed by atoms with Crippen LogP contribution in [-0.4, -0.2) is 47.8 Å². The van der Waals surface area contributed by atoms with Gasteiger partial charge in [0.05, 0.1) is 6.10 Å². The van der Waals surface area contributed by atoms with Gasteiger partial charge in [0, 0.05) is 25.2 Å². The monoisotopic (exact) mass is 242 g/mol. The summed E-state index contributed by atoms with van der Waals surface area (Å²) in [5, 5.41) is 13.6. The lowest BCUT2D eigenvalue weighted by Crippen LogP contribution is -2.40. The predicted octanol–water partition coefficient (Wildman–Crippen LogP) is 1.86. The third kappa shape index (κ3) is 4.57. The van der Waals surface area contributed by atoms with Crippen LogP contribution in [0.15, 0.2) is 0 Å². The first-order valence-corrected chi connectivity index (χ1v) is 7.23. The molecule has 2 atom stereocenters. The fourth-order valence-electron chi connectivity index (χ4n) is 2.71. The highest BCUT2D eigenvalue weighted by molar-refractivity contribution is 4.83. The lowest BCUT2D eigenvalue weighted by molar-refractivity contribution is 0.0982. The first kappa shape index (κ1) is 14.9. The zero-order valence-electron chi connectivity index (χ0n) is 11.9. The van der Waals surface area contributed by atoms with Crippen molar-refractivity contribution in [2.45, 2.75) is 65.1 Å². The Balaban J connectivity index is 2.23. The van der Waals surface area contributed by atoms with Gasteiger partial charge in [0.1, 0.15) is 0 Å². The van der Waals surface area contributed by atoms with E-state index in [0.717, 1.165) is 25.9 Å². The maximum absolute atomic E-state index is 10.1. The van der Waals surface area contributed by atoms with Gasteiger partial charge in [-0.15, -0.1) is 0 Å². The molecule has 1 aliphatic rings. The summed E-state index contributed by atoms with van der Waals surface area (Å²) in [6, 6.07) is 1.21. The molecule has 3 heteroatoms. The van der Waals surface area contributed by atoms with Crippen LogP contribution < -0.4 is 5.32 Å². The van der Waals surface area contributed by atoms with Gasteiger partial charge >= 0.3 is 0 Å². The van der Waals surface area contributed by atoms with Crippen molar-refractivity contribution < 1.29 is 5.11 Å². The summed E-state index contributed by atoms with van der Waals surface area (Å²) in [7, 11) is 0. The van der Waals surface area contributed by atoms with Crippen LogP contribution in [0.2, 0.25) is 0 Å². The number of nitrogens with one attached hydrogen (secondary N) is 1. The zero-order valence-corrected chi connectivity index (χ0v) is 11.9. The minimum absolute atomic E-state index is 0.182. The third-order valence-corrected chi connectivity index (χ3v) is 4.16. The Hall–Kier alpha value is -0.120. The number of hydrogen-bond acceptors (Lipinski definition) is 3. The molecule has 1 rings (SSSR count). The molecule has 0 aromatic carbocycles. The van der Waals surface area contributed by atoms with Gasteiger partial charge in [-0.1, -0.05) is 26.7 Å². The SMILES string of the molecule is CCC(CC)C(O)CNC1CCN(C(C)C)C1. The number of aliphatic hydroxyl groups is 1. The minimum atomic E-state index is -0.182.